The summed E-state index contributed by atoms with van der Waals surface area (Å²) in [5.74, 6) is -0.356. The Kier molecular flexibility index (Phi) is 5.03. The summed E-state index contributed by atoms with van der Waals surface area (Å²) in [5, 5.41) is 5.30. The lowest BCUT2D eigenvalue weighted by Gasteiger charge is -2.07. The Balaban J connectivity index is 2.05. The van der Waals surface area contributed by atoms with Crippen molar-refractivity contribution in [2.45, 2.75) is 6.42 Å². The zero-order valence-electron chi connectivity index (χ0n) is 12.1. The molecule has 22 heavy (non-hydrogen) atoms. The van der Waals surface area contributed by atoms with E-state index in [0.29, 0.717) is 29.5 Å². The van der Waals surface area contributed by atoms with Crippen LogP contribution in [0.3, 0.4) is 0 Å². The van der Waals surface area contributed by atoms with E-state index in [1.165, 1.54) is 6.07 Å². The van der Waals surface area contributed by atoms with Crippen LogP contribution in [0.25, 0.3) is 0 Å². The Morgan fingerprint density at radius 2 is 1.82 bits per heavy atom. The van der Waals surface area contributed by atoms with Gasteiger partial charge in [0.2, 0.25) is 5.91 Å². The number of nitrogens with one attached hydrogen (secondary N) is 2. The minimum absolute atomic E-state index is 0.0672. The standard InChI is InChI=1S/C17H16N2O3/c1-18-16(21)10-12-5-7-15(8-6-12)19-17(22)14-4-2-3-13(9-14)11-20/h2-9,11H,10H2,1H3,(H,18,21)(H,19,22). The lowest BCUT2D eigenvalue weighted by atomic mass is 10.1. The van der Waals surface area contributed by atoms with Crippen LogP contribution in [0.15, 0.2) is 48.5 Å². The Labute approximate surface area is 128 Å². The Morgan fingerprint density at radius 3 is 2.45 bits per heavy atom. The molecule has 0 saturated heterocycles. The van der Waals surface area contributed by atoms with Gasteiger partial charge >= 0.3 is 0 Å². The molecule has 0 radical (unpaired) electrons. The van der Waals surface area contributed by atoms with Crippen LogP contribution in [0.4, 0.5) is 5.69 Å². The summed E-state index contributed by atoms with van der Waals surface area (Å²) in [4.78, 5) is 34.1. The van der Waals surface area contributed by atoms with Crippen LogP contribution in [0.2, 0.25) is 0 Å². The average molecular weight is 296 g/mol. The quantitative estimate of drug-likeness (QED) is 0.829. The molecule has 0 saturated carbocycles. The van der Waals surface area contributed by atoms with Gasteiger partial charge in [-0.25, -0.2) is 0 Å². The predicted octanol–water partition coefficient (Wildman–Crippen LogP) is 2.04. The number of hydrogen-bond donors (Lipinski definition) is 2. The summed E-state index contributed by atoms with van der Waals surface area (Å²) < 4.78 is 0. The number of hydrogen-bond acceptors (Lipinski definition) is 3. The van der Waals surface area contributed by atoms with Gasteiger partial charge in [-0.15, -0.1) is 0 Å². The van der Waals surface area contributed by atoms with Crippen LogP contribution < -0.4 is 10.6 Å². The first-order chi connectivity index (χ1) is 10.6. The van der Waals surface area contributed by atoms with E-state index in [1.54, 1.807) is 49.5 Å². The third-order valence-electron chi connectivity index (χ3n) is 3.14. The van der Waals surface area contributed by atoms with Crippen molar-refractivity contribution >= 4 is 23.8 Å². The molecule has 0 aliphatic carbocycles. The molecule has 2 aromatic rings. The first kappa shape index (κ1) is 15.4. The smallest absolute Gasteiger partial charge is 0.255 e. The van der Waals surface area contributed by atoms with Gasteiger partial charge in [-0.05, 0) is 29.8 Å². The van der Waals surface area contributed by atoms with Crippen molar-refractivity contribution in [2.24, 2.45) is 0 Å². The third-order valence-corrected chi connectivity index (χ3v) is 3.14. The van der Waals surface area contributed by atoms with E-state index in [9.17, 15) is 14.4 Å². The molecule has 0 aliphatic rings. The molecular formula is C17H16N2O3. The molecule has 2 aromatic carbocycles. The topological polar surface area (TPSA) is 75.3 Å². The van der Waals surface area contributed by atoms with Crippen molar-refractivity contribution in [1.82, 2.24) is 5.32 Å². The number of benzene rings is 2. The van der Waals surface area contributed by atoms with Gasteiger partial charge in [-0.3, -0.25) is 14.4 Å². The Bertz CT molecular complexity index is 693. The van der Waals surface area contributed by atoms with Gasteiger partial charge in [0.05, 0.1) is 6.42 Å². The van der Waals surface area contributed by atoms with E-state index in [2.05, 4.69) is 10.6 Å². The van der Waals surface area contributed by atoms with Gasteiger partial charge in [-0.2, -0.15) is 0 Å². The highest BCUT2D eigenvalue weighted by atomic mass is 16.2. The number of carbonyl (C=O) groups excluding carboxylic acids is 3. The number of anilines is 1. The first-order valence-electron chi connectivity index (χ1n) is 6.78. The molecule has 0 fully saturated rings. The monoisotopic (exact) mass is 296 g/mol. The highest BCUT2D eigenvalue weighted by Gasteiger charge is 2.07. The minimum atomic E-state index is -0.289. The molecule has 5 nitrogen and oxygen atoms in total. The van der Waals surface area contributed by atoms with Gasteiger partial charge in [0.1, 0.15) is 6.29 Å². The summed E-state index contributed by atoms with van der Waals surface area (Å²) in [6.45, 7) is 0. The number of amides is 2. The molecule has 0 atom stereocenters. The highest BCUT2D eigenvalue weighted by Crippen LogP contribution is 2.12. The van der Waals surface area contributed by atoms with E-state index in [-0.39, 0.29) is 11.8 Å². The van der Waals surface area contributed by atoms with Crippen LogP contribution in [0.1, 0.15) is 26.3 Å². The van der Waals surface area contributed by atoms with Crippen molar-refractivity contribution in [2.75, 3.05) is 12.4 Å². The Hall–Kier alpha value is -2.95. The SMILES string of the molecule is CNC(=O)Cc1ccc(NC(=O)c2cccc(C=O)c2)cc1. The zero-order valence-corrected chi connectivity index (χ0v) is 12.1. The van der Waals surface area contributed by atoms with Crippen molar-refractivity contribution < 1.29 is 14.4 Å². The number of carbonyl (C=O) groups is 3. The molecule has 0 bridgehead atoms. The van der Waals surface area contributed by atoms with E-state index >= 15 is 0 Å². The average Bonchev–Trinajstić information content (AvgIpc) is 2.56. The van der Waals surface area contributed by atoms with Gasteiger partial charge in [0, 0.05) is 23.9 Å². The maximum Gasteiger partial charge on any atom is 0.255 e. The second-order valence-corrected chi connectivity index (χ2v) is 4.74. The second kappa shape index (κ2) is 7.17. The van der Waals surface area contributed by atoms with Gasteiger partial charge in [0.15, 0.2) is 0 Å². The lowest BCUT2D eigenvalue weighted by Crippen LogP contribution is -2.19. The number of rotatable bonds is 5. The number of likely N-dealkylation sites (N-methyl/N-ethyl adjacent to an activating group) is 1. The summed E-state index contributed by atoms with van der Waals surface area (Å²) in [5.41, 5.74) is 2.36. The van der Waals surface area contributed by atoms with E-state index in [0.717, 1.165) is 5.56 Å². The van der Waals surface area contributed by atoms with Gasteiger partial charge in [0.25, 0.3) is 5.91 Å². The maximum absolute atomic E-state index is 12.1. The van der Waals surface area contributed by atoms with E-state index in [1.807, 2.05) is 0 Å². The summed E-state index contributed by atoms with van der Waals surface area (Å²) >= 11 is 0. The molecule has 0 aromatic heterocycles. The fourth-order valence-corrected chi connectivity index (χ4v) is 1.94. The van der Waals surface area contributed by atoms with Crippen LogP contribution in [-0.2, 0) is 11.2 Å². The minimum Gasteiger partial charge on any atom is -0.359 e. The molecule has 2 rings (SSSR count). The molecule has 112 valence electrons. The number of aldehydes is 1. The van der Waals surface area contributed by atoms with E-state index < -0.39 is 0 Å². The fraction of sp³-hybridized carbons (Fsp3) is 0.118. The Morgan fingerprint density at radius 1 is 1.09 bits per heavy atom. The van der Waals surface area contributed by atoms with Crippen molar-refractivity contribution in [3.05, 3.63) is 65.2 Å². The summed E-state index contributed by atoms with van der Waals surface area (Å²) in [7, 11) is 1.59. The molecule has 0 heterocycles. The predicted molar refractivity (Wildman–Crippen MR) is 84.0 cm³/mol. The lowest BCUT2D eigenvalue weighted by molar-refractivity contribution is -0.119. The molecule has 2 amide bonds. The summed E-state index contributed by atoms with van der Waals surface area (Å²) in [6, 6.07) is 13.5. The van der Waals surface area contributed by atoms with E-state index in [4.69, 9.17) is 0 Å². The molecule has 0 aliphatic heterocycles. The summed E-state index contributed by atoms with van der Waals surface area (Å²) in [6.07, 6.45) is 0.996. The van der Waals surface area contributed by atoms with Gasteiger partial charge in [-0.1, -0.05) is 24.3 Å². The van der Waals surface area contributed by atoms with Crippen LogP contribution >= 0.6 is 0 Å². The molecule has 2 N–H and O–H groups in total. The largest absolute Gasteiger partial charge is 0.359 e. The first-order valence-corrected chi connectivity index (χ1v) is 6.78. The molecule has 0 spiro atoms. The van der Waals surface area contributed by atoms with Gasteiger partial charge < -0.3 is 10.6 Å². The molecular weight excluding hydrogens is 280 g/mol. The van der Waals surface area contributed by atoms with Crippen molar-refractivity contribution in [3.8, 4) is 0 Å². The van der Waals surface area contributed by atoms with Crippen LogP contribution in [0.5, 0.6) is 0 Å². The molecule has 0 unspecified atom stereocenters. The maximum atomic E-state index is 12.1. The van der Waals surface area contributed by atoms with Crippen LogP contribution in [-0.4, -0.2) is 25.1 Å². The fourth-order valence-electron chi connectivity index (χ4n) is 1.94. The van der Waals surface area contributed by atoms with Crippen molar-refractivity contribution in [3.63, 3.8) is 0 Å². The third kappa shape index (κ3) is 4.02. The van der Waals surface area contributed by atoms with Crippen molar-refractivity contribution in [1.29, 1.82) is 0 Å². The van der Waals surface area contributed by atoms with Crippen LogP contribution in [0, 0.1) is 0 Å². The highest BCUT2D eigenvalue weighted by molar-refractivity contribution is 6.05. The second-order valence-electron chi connectivity index (χ2n) is 4.74. The normalized spacial score (nSPS) is 9.86. The molecule has 5 heteroatoms. The zero-order chi connectivity index (χ0) is 15.9.